The van der Waals surface area contributed by atoms with Crippen LogP contribution in [0.1, 0.15) is 19.0 Å². The molecule has 1 N–H and O–H groups in total. The van der Waals surface area contributed by atoms with Crippen molar-refractivity contribution < 1.29 is 17.1 Å². The number of carbonyl (C=O) groups is 1. The van der Waals surface area contributed by atoms with Gasteiger partial charge in [0.2, 0.25) is 5.88 Å². The summed E-state index contributed by atoms with van der Waals surface area (Å²) in [6.45, 7) is 1.72. The average Bonchev–Trinajstić information content (AvgIpc) is 2.64. The molecular weight excluding hydrogens is 318 g/mol. The number of para-hydroxylation sites is 3. The molecule has 0 saturated carbocycles. The number of nitrogens with one attached hydrogen (secondary N) is 1. The molecule has 6 nitrogen and oxygen atoms in total. The fraction of sp³-hybridized carbons (Fsp3) is 0.105. The fourth-order valence-corrected chi connectivity index (χ4v) is 2.24. The van der Waals surface area contributed by atoms with Gasteiger partial charge in [0.05, 0.1) is 24.7 Å². The van der Waals surface area contributed by atoms with Gasteiger partial charge < -0.3 is 14.8 Å². The summed E-state index contributed by atoms with van der Waals surface area (Å²) in [5.74, 6) is 1.06. The first-order valence-corrected chi connectivity index (χ1v) is 7.68. The molecule has 0 aliphatic heterocycles. The molecule has 0 radical (unpaired) electrons. The number of ether oxygens (including phenoxy) is 2. The van der Waals surface area contributed by atoms with Crippen molar-refractivity contribution in [3.05, 3.63) is 72.2 Å². The number of carbonyl (C=O) groups excluding carboxylic acids is 1. The highest BCUT2D eigenvalue weighted by molar-refractivity contribution is 6.04. The van der Waals surface area contributed by atoms with Crippen LogP contribution in [0.4, 0.5) is 5.69 Å². The second-order valence-electron chi connectivity index (χ2n) is 5.21. The molecule has 3 rings (SSSR count). The third-order valence-electron chi connectivity index (χ3n) is 3.47. The van der Waals surface area contributed by atoms with Gasteiger partial charge in [-0.2, -0.15) is 0 Å². The van der Waals surface area contributed by atoms with Crippen LogP contribution in [-0.4, -0.2) is 23.0 Å². The van der Waals surface area contributed by atoms with Crippen LogP contribution in [0.25, 0.3) is 0 Å². The summed E-state index contributed by atoms with van der Waals surface area (Å²) in [4.78, 5) is 21.1. The topological polar surface area (TPSA) is 73.3 Å². The number of methoxy groups -OCH3 is 1. The average molecular weight is 339 g/mol. The minimum absolute atomic E-state index is 0. The molecule has 0 bridgehead atoms. The second kappa shape index (κ2) is 7.44. The number of aromatic nitrogens is 2. The monoisotopic (exact) mass is 339 g/mol. The van der Waals surface area contributed by atoms with Crippen molar-refractivity contribution in [3.63, 3.8) is 0 Å². The number of hydrogen-bond acceptors (Lipinski definition) is 5. The smallest absolute Gasteiger partial charge is 0.276 e. The summed E-state index contributed by atoms with van der Waals surface area (Å²) in [5, 5.41) is 2.79. The first-order chi connectivity index (χ1) is 12.2. The third-order valence-corrected chi connectivity index (χ3v) is 3.47. The molecule has 0 spiro atoms. The molecule has 6 heteroatoms. The Morgan fingerprint density at radius 3 is 2.56 bits per heavy atom. The summed E-state index contributed by atoms with van der Waals surface area (Å²) < 4.78 is 10.9. The first kappa shape index (κ1) is 16.4. The highest BCUT2D eigenvalue weighted by Crippen LogP contribution is 2.24. The van der Waals surface area contributed by atoms with Crippen LogP contribution in [0.5, 0.6) is 17.4 Å². The maximum absolute atomic E-state index is 12.6. The molecule has 1 amide bonds. The Kier molecular flexibility index (Phi) is 4.89. The zero-order chi connectivity index (χ0) is 17.6. The van der Waals surface area contributed by atoms with Crippen molar-refractivity contribution in [2.75, 3.05) is 12.4 Å². The minimum Gasteiger partial charge on any atom is -0.495 e. The lowest BCUT2D eigenvalue weighted by Gasteiger charge is -2.11. The SMILES string of the molecule is COc1ccccc1NC(=O)c1nc(Oc2ccccc2)cnc1C.[HH].[HH]. The highest BCUT2D eigenvalue weighted by Gasteiger charge is 2.16. The van der Waals surface area contributed by atoms with Crippen LogP contribution in [0.15, 0.2) is 60.8 Å². The number of aryl methyl sites for hydroxylation is 1. The van der Waals surface area contributed by atoms with E-state index >= 15 is 0 Å². The number of hydrogen-bond donors (Lipinski definition) is 1. The van der Waals surface area contributed by atoms with Crippen LogP contribution in [-0.2, 0) is 0 Å². The highest BCUT2D eigenvalue weighted by atomic mass is 16.5. The Labute approximate surface area is 148 Å². The van der Waals surface area contributed by atoms with Gasteiger partial charge >= 0.3 is 0 Å². The van der Waals surface area contributed by atoms with E-state index in [1.807, 2.05) is 30.3 Å². The first-order valence-electron chi connectivity index (χ1n) is 7.68. The van der Waals surface area contributed by atoms with Gasteiger partial charge in [0.15, 0.2) is 5.69 Å². The van der Waals surface area contributed by atoms with E-state index < -0.39 is 0 Å². The van der Waals surface area contributed by atoms with E-state index in [0.29, 0.717) is 22.9 Å². The molecule has 0 aliphatic carbocycles. The summed E-state index contributed by atoms with van der Waals surface area (Å²) in [7, 11) is 1.55. The van der Waals surface area contributed by atoms with Crippen LogP contribution in [0.3, 0.4) is 0 Å². The Morgan fingerprint density at radius 2 is 1.80 bits per heavy atom. The van der Waals surface area contributed by atoms with E-state index in [9.17, 15) is 4.79 Å². The molecule has 25 heavy (non-hydrogen) atoms. The van der Waals surface area contributed by atoms with Crippen molar-refractivity contribution in [2.45, 2.75) is 6.92 Å². The summed E-state index contributed by atoms with van der Waals surface area (Å²) in [6.07, 6.45) is 1.49. The Balaban J connectivity index is 0.00000182. The summed E-state index contributed by atoms with van der Waals surface area (Å²) in [6, 6.07) is 16.4. The second-order valence-corrected chi connectivity index (χ2v) is 5.21. The molecule has 0 saturated heterocycles. The van der Waals surface area contributed by atoms with E-state index in [0.717, 1.165) is 0 Å². The van der Waals surface area contributed by atoms with Gasteiger partial charge in [-0.1, -0.05) is 30.3 Å². The molecule has 0 aliphatic rings. The Bertz CT molecular complexity index is 892. The van der Waals surface area contributed by atoms with Crippen molar-refractivity contribution in [2.24, 2.45) is 0 Å². The Morgan fingerprint density at radius 1 is 1.08 bits per heavy atom. The lowest BCUT2D eigenvalue weighted by Crippen LogP contribution is -2.17. The Hall–Kier alpha value is -3.41. The maximum atomic E-state index is 12.6. The maximum Gasteiger partial charge on any atom is 0.276 e. The van der Waals surface area contributed by atoms with Gasteiger partial charge in [0.1, 0.15) is 11.5 Å². The van der Waals surface area contributed by atoms with Crippen molar-refractivity contribution in [1.29, 1.82) is 0 Å². The van der Waals surface area contributed by atoms with Crippen molar-refractivity contribution in [1.82, 2.24) is 9.97 Å². The van der Waals surface area contributed by atoms with E-state index in [1.54, 1.807) is 38.3 Å². The fourth-order valence-electron chi connectivity index (χ4n) is 2.24. The van der Waals surface area contributed by atoms with Gasteiger partial charge in [0, 0.05) is 2.85 Å². The quantitative estimate of drug-likeness (QED) is 0.749. The predicted octanol–water partition coefficient (Wildman–Crippen LogP) is 4.33. The molecular formula is C19H21N3O3. The van der Waals surface area contributed by atoms with Crippen LogP contribution >= 0.6 is 0 Å². The van der Waals surface area contributed by atoms with Gasteiger partial charge in [-0.05, 0) is 31.2 Å². The number of nitrogens with zero attached hydrogens (tertiary/aromatic N) is 2. The van der Waals surface area contributed by atoms with E-state index in [4.69, 9.17) is 9.47 Å². The van der Waals surface area contributed by atoms with Crippen LogP contribution in [0, 0.1) is 6.92 Å². The number of rotatable bonds is 5. The van der Waals surface area contributed by atoms with E-state index in [1.165, 1.54) is 6.20 Å². The van der Waals surface area contributed by atoms with Gasteiger partial charge in [-0.25, -0.2) is 4.98 Å². The number of benzene rings is 2. The zero-order valence-corrected chi connectivity index (χ0v) is 13.9. The van der Waals surface area contributed by atoms with E-state index in [-0.39, 0.29) is 20.3 Å². The largest absolute Gasteiger partial charge is 0.495 e. The molecule has 0 fully saturated rings. The minimum atomic E-state index is -0.381. The normalized spacial score (nSPS) is 10.2. The molecule has 1 heterocycles. The zero-order valence-electron chi connectivity index (χ0n) is 13.9. The summed E-state index contributed by atoms with van der Waals surface area (Å²) >= 11 is 0. The van der Waals surface area contributed by atoms with Crippen LogP contribution < -0.4 is 14.8 Å². The van der Waals surface area contributed by atoms with Gasteiger partial charge in [-0.15, -0.1) is 0 Å². The molecule has 0 unspecified atom stereocenters. The lowest BCUT2D eigenvalue weighted by molar-refractivity contribution is 0.102. The molecule has 1 aromatic heterocycles. The van der Waals surface area contributed by atoms with Gasteiger partial charge in [0.25, 0.3) is 5.91 Å². The molecule has 3 aromatic rings. The lowest BCUT2D eigenvalue weighted by atomic mass is 10.2. The van der Waals surface area contributed by atoms with Crippen molar-refractivity contribution in [3.8, 4) is 17.4 Å². The number of amides is 1. The van der Waals surface area contributed by atoms with Crippen molar-refractivity contribution >= 4 is 11.6 Å². The standard InChI is InChI=1S/C19H17N3O3.2H2/c1-13-18(19(23)21-15-10-6-7-11-16(15)24-2)22-17(12-20-13)25-14-8-4-3-5-9-14;;/h3-12H,1-2H3,(H,21,23);2*1H. The molecule has 0 atom stereocenters. The third kappa shape index (κ3) is 3.92. The molecule has 130 valence electrons. The predicted molar refractivity (Wildman–Crippen MR) is 98.5 cm³/mol. The van der Waals surface area contributed by atoms with Gasteiger partial charge in [-0.3, -0.25) is 9.78 Å². The number of anilines is 1. The van der Waals surface area contributed by atoms with Crippen LogP contribution in [0.2, 0.25) is 0 Å². The summed E-state index contributed by atoms with van der Waals surface area (Å²) in [5.41, 5.74) is 1.26. The van der Waals surface area contributed by atoms with E-state index in [2.05, 4.69) is 15.3 Å². The molecule has 2 aromatic carbocycles.